The Morgan fingerprint density at radius 2 is 1.45 bits per heavy atom. The summed E-state index contributed by atoms with van der Waals surface area (Å²) in [5, 5.41) is 3.05. The summed E-state index contributed by atoms with van der Waals surface area (Å²) in [5.74, 6) is -1.82. The van der Waals surface area contributed by atoms with Crippen molar-refractivity contribution in [3.05, 3.63) is 98.1 Å². The Kier molecular flexibility index (Phi) is 6.63. The molecule has 0 aromatic heterocycles. The molecule has 4 rings (SSSR count). The van der Waals surface area contributed by atoms with E-state index < -0.39 is 17.8 Å². The Morgan fingerprint density at radius 1 is 0.788 bits per heavy atom. The molecule has 1 aliphatic rings. The van der Waals surface area contributed by atoms with Gasteiger partial charge in [0.25, 0.3) is 11.8 Å². The number of nitrogens with one attached hydrogen (secondary N) is 1. The average Bonchev–Trinajstić information content (AvgIpc) is 3.01. The third-order valence-electron chi connectivity index (χ3n) is 4.63. The standard InChI is InChI=1S/C23H12Cl4N2O4/c24-14-4-1-2-7-17(14)33-23(32)12-8-10-13(11-9-12)28-20-19(27)21(30)29(22(20)31)16-6-3-5-15(25)18(16)26/h1-11,28H. The first-order valence-electron chi connectivity index (χ1n) is 9.34. The first-order chi connectivity index (χ1) is 15.8. The lowest BCUT2D eigenvalue weighted by Gasteiger charge is -2.17. The van der Waals surface area contributed by atoms with Gasteiger partial charge in [-0.25, -0.2) is 9.69 Å². The van der Waals surface area contributed by atoms with Crippen molar-refractivity contribution in [2.75, 3.05) is 10.2 Å². The number of carbonyl (C=O) groups excluding carboxylic acids is 3. The summed E-state index contributed by atoms with van der Waals surface area (Å²) >= 11 is 24.3. The fourth-order valence-electron chi connectivity index (χ4n) is 3.02. The monoisotopic (exact) mass is 520 g/mol. The van der Waals surface area contributed by atoms with Crippen molar-refractivity contribution in [3.8, 4) is 5.75 Å². The minimum absolute atomic E-state index is 0.0490. The van der Waals surface area contributed by atoms with Crippen LogP contribution >= 0.6 is 46.4 Å². The van der Waals surface area contributed by atoms with Crippen LogP contribution in [-0.4, -0.2) is 17.8 Å². The number of benzene rings is 3. The van der Waals surface area contributed by atoms with Gasteiger partial charge in [0.15, 0.2) is 0 Å². The molecular formula is C23H12Cl4N2O4. The number of halogens is 4. The number of rotatable bonds is 5. The normalized spacial score (nSPS) is 13.5. The van der Waals surface area contributed by atoms with Crippen LogP contribution in [0.3, 0.4) is 0 Å². The molecule has 0 atom stereocenters. The zero-order chi connectivity index (χ0) is 23.7. The van der Waals surface area contributed by atoms with E-state index in [-0.39, 0.29) is 37.8 Å². The van der Waals surface area contributed by atoms with Crippen LogP contribution in [0.25, 0.3) is 0 Å². The number of amides is 2. The Balaban J connectivity index is 1.51. The number of carbonyl (C=O) groups is 3. The molecule has 3 aromatic carbocycles. The minimum Gasteiger partial charge on any atom is -0.421 e. The van der Waals surface area contributed by atoms with E-state index in [9.17, 15) is 14.4 Å². The molecule has 0 saturated heterocycles. The van der Waals surface area contributed by atoms with Gasteiger partial charge in [-0.3, -0.25) is 9.59 Å². The van der Waals surface area contributed by atoms with E-state index in [1.54, 1.807) is 30.3 Å². The van der Waals surface area contributed by atoms with E-state index in [1.165, 1.54) is 36.4 Å². The molecule has 0 unspecified atom stereocenters. The number of nitrogens with zero attached hydrogens (tertiary/aromatic N) is 1. The maximum atomic E-state index is 12.9. The highest BCUT2D eigenvalue weighted by Crippen LogP contribution is 2.37. The second-order valence-corrected chi connectivity index (χ2v) is 8.30. The fourth-order valence-corrected chi connectivity index (χ4v) is 3.78. The topological polar surface area (TPSA) is 75.7 Å². The van der Waals surface area contributed by atoms with Gasteiger partial charge in [0, 0.05) is 5.69 Å². The molecule has 1 heterocycles. The molecular weight excluding hydrogens is 510 g/mol. The molecule has 0 radical (unpaired) electrons. The van der Waals surface area contributed by atoms with Gasteiger partial charge in [0.2, 0.25) is 0 Å². The van der Waals surface area contributed by atoms with Crippen molar-refractivity contribution >= 4 is 75.6 Å². The van der Waals surface area contributed by atoms with Gasteiger partial charge in [0.1, 0.15) is 16.5 Å². The smallest absolute Gasteiger partial charge is 0.343 e. The molecule has 6 nitrogen and oxygen atoms in total. The molecule has 1 aliphatic heterocycles. The summed E-state index contributed by atoms with van der Waals surface area (Å²) in [6.45, 7) is 0. The van der Waals surface area contributed by atoms with Crippen molar-refractivity contribution in [1.29, 1.82) is 0 Å². The maximum Gasteiger partial charge on any atom is 0.343 e. The second kappa shape index (κ2) is 9.45. The lowest BCUT2D eigenvalue weighted by atomic mass is 10.2. The van der Waals surface area contributed by atoms with Crippen molar-refractivity contribution in [1.82, 2.24) is 0 Å². The number of hydrogen-bond acceptors (Lipinski definition) is 5. The molecule has 10 heteroatoms. The van der Waals surface area contributed by atoms with Crippen molar-refractivity contribution in [2.45, 2.75) is 0 Å². The zero-order valence-corrected chi connectivity index (χ0v) is 19.5. The number of anilines is 2. The maximum absolute atomic E-state index is 12.9. The number of ether oxygens (including phenoxy) is 1. The van der Waals surface area contributed by atoms with Crippen molar-refractivity contribution < 1.29 is 19.1 Å². The number of hydrogen-bond donors (Lipinski definition) is 1. The predicted molar refractivity (Wildman–Crippen MR) is 128 cm³/mol. The lowest BCUT2D eigenvalue weighted by Crippen LogP contribution is -2.32. The zero-order valence-electron chi connectivity index (χ0n) is 16.4. The highest BCUT2D eigenvalue weighted by molar-refractivity contribution is 6.54. The highest BCUT2D eigenvalue weighted by Gasteiger charge is 2.40. The third-order valence-corrected chi connectivity index (χ3v) is 6.10. The van der Waals surface area contributed by atoms with Crippen LogP contribution in [0, 0.1) is 0 Å². The van der Waals surface area contributed by atoms with Crippen molar-refractivity contribution in [2.24, 2.45) is 0 Å². The van der Waals surface area contributed by atoms with Crippen LogP contribution in [0.15, 0.2) is 77.5 Å². The highest BCUT2D eigenvalue weighted by atomic mass is 35.5. The molecule has 2 amide bonds. The second-order valence-electron chi connectivity index (χ2n) is 6.73. The van der Waals surface area contributed by atoms with E-state index in [1.807, 2.05) is 0 Å². The van der Waals surface area contributed by atoms with E-state index in [2.05, 4.69) is 5.32 Å². The fraction of sp³-hybridized carbons (Fsp3) is 0. The first kappa shape index (κ1) is 23.1. The molecule has 0 saturated carbocycles. The van der Waals surface area contributed by atoms with E-state index >= 15 is 0 Å². The summed E-state index contributed by atoms with van der Waals surface area (Å²) in [6.07, 6.45) is 0. The Bertz CT molecular complexity index is 1320. The minimum atomic E-state index is -0.742. The van der Waals surface area contributed by atoms with Gasteiger partial charge in [-0.2, -0.15) is 0 Å². The Hall–Kier alpha value is -3.03. The van der Waals surface area contributed by atoms with Gasteiger partial charge in [-0.1, -0.05) is 64.6 Å². The molecule has 166 valence electrons. The predicted octanol–water partition coefficient (Wildman–Crippen LogP) is 6.30. The molecule has 33 heavy (non-hydrogen) atoms. The number of imide groups is 1. The van der Waals surface area contributed by atoms with Crippen LogP contribution < -0.4 is 15.0 Å². The molecule has 0 bridgehead atoms. The molecule has 0 aliphatic carbocycles. The van der Waals surface area contributed by atoms with Crippen LogP contribution in [0.5, 0.6) is 5.75 Å². The van der Waals surface area contributed by atoms with E-state index in [0.29, 0.717) is 10.7 Å². The summed E-state index contributed by atoms with van der Waals surface area (Å²) < 4.78 is 5.29. The van der Waals surface area contributed by atoms with Gasteiger partial charge >= 0.3 is 5.97 Å². The van der Waals surface area contributed by atoms with E-state index in [0.717, 1.165) is 4.90 Å². The average molecular weight is 522 g/mol. The molecule has 0 fully saturated rings. The Labute approximate surface area is 208 Å². The summed E-state index contributed by atoms with van der Waals surface area (Å²) in [4.78, 5) is 38.8. The molecule has 0 spiro atoms. The van der Waals surface area contributed by atoms with Gasteiger partial charge in [-0.15, -0.1) is 0 Å². The first-order valence-corrected chi connectivity index (χ1v) is 10.9. The lowest BCUT2D eigenvalue weighted by molar-refractivity contribution is -0.120. The SMILES string of the molecule is O=C(Oc1ccccc1Cl)c1ccc(NC2=C(Cl)C(=O)N(c3cccc(Cl)c3Cl)C2=O)cc1. The largest absolute Gasteiger partial charge is 0.421 e. The van der Waals surface area contributed by atoms with Crippen LogP contribution in [0.4, 0.5) is 11.4 Å². The van der Waals surface area contributed by atoms with Gasteiger partial charge in [0.05, 0.1) is 26.3 Å². The van der Waals surface area contributed by atoms with Gasteiger partial charge in [-0.05, 0) is 48.5 Å². The van der Waals surface area contributed by atoms with Crippen molar-refractivity contribution in [3.63, 3.8) is 0 Å². The van der Waals surface area contributed by atoms with Crippen LogP contribution in [0.2, 0.25) is 15.1 Å². The summed E-state index contributed by atoms with van der Waals surface area (Å²) in [5.41, 5.74) is 0.648. The summed E-state index contributed by atoms with van der Waals surface area (Å²) in [6, 6.07) is 17.2. The summed E-state index contributed by atoms with van der Waals surface area (Å²) in [7, 11) is 0. The Morgan fingerprint density at radius 3 is 2.15 bits per heavy atom. The van der Waals surface area contributed by atoms with Crippen LogP contribution in [-0.2, 0) is 9.59 Å². The molecule has 1 N–H and O–H groups in total. The quantitative estimate of drug-likeness (QED) is 0.242. The van der Waals surface area contributed by atoms with E-state index in [4.69, 9.17) is 51.1 Å². The van der Waals surface area contributed by atoms with Crippen LogP contribution in [0.1, 0.15) is 10.4 Å². The van der Waals surface area contributed by atoms with Gasteiger partial charge < -0.3 is 10.1 Å². The third kappa shape index (κ3) is 4.56. The molecule has 3 aromatic rings. The number of esters is 1. The number of para-hydroxylation sites is 1.